The first kappa shape index (κ1) is 14.2. The molecule has 19 heavy (non-hydrogen) atoms. The van der Waals surface area contributed by atoms with E-state index in [4.69, 9.17) is 16.3 Å². The van der Waals surface area contributed by atoms with Crippen molar-refractivity contribution in [3.63, 3.8) is 0 Å². The maximum Gasteiger partial charge on any atom is 0.310 e. The van der Waals surface area contributed by atoms with Crippen LogP contribution < -0.4 is 10.1 Å². The van der Waals surface area contributed by atoms with E-state index in [0.29, 0.717) is 10.8 Å². The molecule has 2 rings (SSSR count). The molecule has 1 unspecified atom stereocenters. The van der Waals surface area contributed by atoms with E-state index in [0.717, 1.165) is 25.9 Å². The molecule has 1 aliphatic heterocycles. The summed E-state index contributed by atoms with van der Waals surface area (Å²) in [6.45, 7) is 1.96. The number of nitrogens with one attached hydrogen (secondary N) is 1. The van der Waals surface area contributed by atoms with Crippen LogP contribution in [-0.4, -0.2) is 30.8 Å². The molecule has 0 spiro atoms. The Bertz CT molecular complexity index is 432. The molecule has 1 fully saturated rings. The van der Waals surface area contributed by atoms with E-state index < -0.39 is 11.9 Å². The lowest BCUT2D eigenvalue weighted by atomic mass is 9.85. The van der Waals surface area contributed by atoms with Gasteiger partial charge in [-0.15, -0.1) is 0 Å². The van der Waals surface area contributed by atoms with Crippen LogP contribution in [0.1, 0.15) is 12.8 Å². The highest BCUT2D eigenvalue weighted by Gasteiger charge is 2.29. The highest BCUT2D eigenvalue weighted by Crippen LogP contribution is 2.24. The molecule has 0 saturated carbocycles. The molecule has 0 aliphatic carbocycles. The predicted molar refractivity (Wildman–Crippen MR) is 73.7 cm³/mol. The number of halogens is 1. The lowest BCUT2D eigenvalue weighted by Gasteiger charge is -2.28. The Balaban J connectivity index is 1.95. The van der Waals surface area contributed by atoms with Gasteiger partial charge in [-0.2, -0.15) is 0 Å². The van der Waals surface area contributed by atoms with Crippen LogP contribution in [0.3, 0.4) is 0 Å². The third kappa shape index (κ3) is 4.11. The first-order valence-corrected chi connectivity index (χ1v) is 6.86. The van der Waals surface area contributed by atoms with Gasteiger partial charge in [0, 0.05) is 5.02 Å². The number of piperidine rings is 1. The number of ether oxygens (including phenoxy) is 1. The second-order valence-corrected chi connectivity index (χ2v) is 5.24. The summed E-state index contributed by atoms with van der Waals surface area (Å²) in [6.07, 6.45) is 1.77. The van der Waals surface area contributed by atoms with E-state index in [1.54, 1.807) is 24.3 Å². The fourth-order valence-corrected chi connectivity index (χ4v) is 2.58. The van der Waals surface area contributed by atoms with Gasteiger partial charge >= 0.3 is 5.97 Å². The summed E-state index contributed by atoms with van der Waals surface area (Å²) < 4.78 is 5.58. The number of rotatable bonds is 5. The summed E-state index contributed by atoms with van der Waals surface area (Å²) in [7, 11) is 0. The summed E-state index contributed by atoms with van der Waals surface area (Å²) in [5.41, 5.74) is 0. The van der Waals surface area contributed by atoms with Crippen molar-refractivity contribution in [2.75, 3.05) is 19.7 Å². The Kier molecular flexibility index (Phi) is 5.05. The van der Waals surface area contributed by atoms with Gasteiger partial charge < -0.3 is 15.2 Å². The Morgan fingerprint density at radius 1 is 1.47 bits per heavy atom. The molecule has 2 N–H and O–H groups in total. The topological polar surface area (TPSA) is 58.6 Å². The first-order valence-electron chi connectivity index (χ1n) is 6.48. The lowest BCUT2D eigenvalue weighted by molar-refractivity contribution is -0.145. The van der Waals surface area contributed by atoms with Crippen LogP contribution in [0.2, 0.25) is 5.02 Å². The molecule has 104 valence electrons. The van der Waals surface area contributed by atoms with Gasteiger partial charge in [0.15, 0.2) is 0 Å². The minimum atomic E-state index is -0.783. The van der Waals surface area contributed by atoms with Crippen LogP contribution in [0.25, 0.3) is 0 Å². The van der Waals surface area contributed by atoms with Gasteiger partial charge in [0.1, 0.15) is 12.4 Å². The molecule has 1 heterocycles. The smallest absolute Gasteiger partial charge is 0.310 e. The van der Waals surface area contributed by atoms with Gasteiger partial charge in [-0.05, 0) is 50.0 Å². The van der Waals surface area contributed by atoms with Gasteiger partial charge in [-0.25, -0.2) is 0 Å². The van der Waals surface area contributed by atoms with Crippen LogP contribution in [0, 0.1) is 11.8 Å². The summed E-state index contributed by atoms with van der Waals surface area (Å²) in [5.74, 6) is -0.444. The number of hydrogen-bond acceptors (Lipinski definition) is 3. The van der Waals surface area contributed by atoms with E-state index in [1.165, 1.54) is 0 Å². The zero-order valence-electron chi connectivity index (χ0n) is 10.6. The molecule has 0 amide bonds. The quantitative estimate of drug-likeness (QED) is 0.871. The minimum Gasteiger partial charge on any atom is -0.493 e. The van der Waals surface area contributed by atoms with Crippen molar-refractivity contribution >= 4 is 17.6 Å². The van der Waals surface area contributed by atoms with E-state index in [2.05, 4.69) is 5.32 Å². The van der Waals surface area contributed by atoms with Gasteiger partial charge in [-0.1, -0.05) is 17.7 Å². The molecule has 1 aromatic rings. The molecule has 1 aliphatic rings. The molecule has 5 heteroatoms. The van der Waals surface area contributed by atoms with Crippen molar-refractivity contribution in [1.29, 1.82) is 0 Å². The van der Waals surface area contributed by atoms with Crippen LogP contribution in [0.4, 0.5) is 0 Å². The number of carboxylic acid groups (broad SMARTS) is 1. The third-order valence-electron chi connectivity index (χ3n) is 3.50. The van der Waals surface area contributed by atoms with Crippen LogP contribution in [-0.2, 0) is 4.79 Å². The molecule has 0 bridgehead atoms. The van der Waals surface area contributed by atoms with Gasteiger partial charge in [-0.3, -0.25) is 4.79 Å². The lowest BCUT2D eigenvalue weighted by Crippen LogP contribution is -2.37. The predicted octanol–water partition coefficient (Wildman–Crippen LogP) is 2.42. The second-order valence-electron chi connectivity index (χ2n) is 4.80. The largest absolute Gasteiger partial charge is 0.493 e. The van der Waals surface area contributed by atoms with Gasteiger partial charge in [0.05, 0.1) is 5.92 Å². The Morgan fingerprint density at radius 2 is 2.21 bits per heavy atom. The monoisotopic (exact) mass is 283 g/mol. The van der Waals surface area contributed by atoms with E-state index in [1.807, 2.05) is 0 Å². The third-order valence-corrected chi connectivity index (χ3v) is 3.73. The maximum atomic E-state index is 11.4. The van der Waals surface area contributed by atoms with Crippen molar-refractivity contribution in [3.05, 3.63) is 29.3 Å². The van der Waals surface area contributed by atoms with Crippen molar-refractivity contribution < 1.29 is 14.6 Å². The molecule has 0 aromatic heterocycles. The second kappa shape index (κ2) is 6.78. The Morgan fingerprint density at radius 3 is 2.84 bits per heavy atom. The fourth-order valence-electron chi connectivity index (χ4n) is 2.40. The highest BCUT2D eigenvalue weighted by atomic mass is 35.5. The zero-order chi connectivity index (χ0) is 13.7. The molecule has 1 saturated heterocycles. The summed E-state index contributed by atoms with van der Waals surface area (Å²) in [4.78, 5) is 11.4. The molecule has 1 aromatic carbocycles. The summed E-state index contributed by atoms with van der Waals surface area (Å²) >= 11 is 5.87. The SMILES string of the molecule is O=C(O)C(COc1cccc(Cl)c1)C1CCNCC1. The van der Waals surface area contributed by atoms with Gasteiger partial charge in [0.25, 0.3) is 0 Å². The van der Waals surface area contributed by atoms with Crippen LogP contribution in [0.5, 0.6) is 5.75 Å². The number of carbonyl (C=O) groups is 1. The zero-order valence-corrected chi connectivity index (χ0v) is 11.4. The number of aliphatic carboxylic acids is 1. The van der Waals surface area contributed by atoms with E-state index in [9.17, 15) is 9.90 Å². The summed E-state index contributed by atoms with van der Waals surface area (Å²) in [5, 5.41) is 13.2. The average molecular weight is 284 g/mol. The standard InChI is InChI=1S/C14H18ClNO3/c15-11-2-1-3-12(8-11)19-9-13(14(17)18)10-4-6-16-7-5-10/h1-3,8,10,13,16H,4-7,9H2,(H,17,18). The highest BCUT2D eigenvalue weighted by molar-refractivity contribution is 6.30. The minimum absolute atomic E-state index is 0.179. The van der Waals surface area contributed by atoms with Crippen molar-refractivity contribution in [2.45, 2.75) is 12.8 Å². The Labute approximate surface area is 117 Å². The number of hydrogen-bond donors (Lipinski definition) is 2. The first-order chi connectivity index (χ1) is 9.16. The van der Waals surface area contributed by atoms with Crippen LogP contribution >= 0.6 is 11.6 Å². The van der Waals surface area contributed by atoms with E-state index in [-0.39, 0.29) is 12.5 Å². The van der Waals surface area contributed by atoms with Gasteiger partial charge in [0.2, 0.25) is 0 Å². The maximum absolute atomic E-state index is 11.4. The molecular weight excluding hydrogens is 266 g/mol. The molecule has 4 nitrogen and oxygen atoms in total. The Hall–Kier alpha value is -1.26. The van der Waals surface area contributed by atoms with Crippen molar-refractivity contribution in [2.24, 2.45) is 11.8 Å². The molecular formula is C14H18ClNO3. The summed E-state index contributed by atoms with van der Waals surface area (Å²) in [6, 6.07) is 7.03. The number of carboxylic acids is 1. The van der Waals surface area contributed by atoms with Crippen molar-refractivity contribution in [1.82, 2.24) is 5.32 Å². The van der Waals surface area contributed by atoms with Crippen molar-refractivity contribution in [3.8, 4) is 5.75 Å². The normalized spacial score (nSPS) is 17.9. The fraction of sp³-hybridized carbons (Fsp3) is 0.500. The molecule has 1 atom stereocenters. The average Bonchev–Trinajstić information content (AvgIpc) is 2.40. The van der Waals surface area contributed by atoms with Crippen LogP contribution in [0.15, 0.2) is 24.3 Å². The molecule has 0 radical (unpaired) electrons. The van der Waals surface area contributed by atoms with E-state index >= 15 is 0 Å². The number of benzene rings is 1.